The van der Waals surface area contributed by atoms with Gasteiger partial charge in [0.15, 0.2) is 29.7 Å². The lowest BCUT2D eigenvalue weighted by Crippen LogP contribution is -2.15. The molecular weight excluding hydrogens is 339 g/mol. The number of benzene rings is 2. The summed E-state index contributed by atoms with van der Waals surface area (Å²) >= 11 is 0. The van der Waals surface area contributed by atoms with Crippen molar-refractivity contribution in [1.29, 1.82) is 0 Å². The van der Waals surface area contributed by atoms with Gasteiger partial charge in [0, 0.05) is 0 Å². The number of carbonyl (C=O) groups excluding carboxylic acids is 1. The van der Waals surface area contributed by atoms with Crippen molar-refractivity contribution in [3.05, 3.63) is 59.4 Å². The summed E-state index contributed by atoms with van der Waals surface area (Å²) in [6, 6.07) is 9.74. The first-order valence-corrected chi connectivity index (χ1v) is 7.99. The van der Waals surface area contributed by atoms with E-state index >= 15 is 0 Å². The standard InChI is InChI=1S/C20H21FO5/c1-4-5-14-6-9-18(19(11-14)24-3)25-13-20(22)26-12-15-7-8-17(23-2)16(21)10-15/h4-11H,12-13H2,1-3H3/b5-4+. The van der Waals surface area contributed by atoms with Crippen LogP contribution in [-0.4, -0.2) is 26.8 Å². The van der Waals surface area contributed by atoms with Crippen molar-refractivity contribution < 1.29 is 28.1 Å². The van der Waals surface area contributed by atoms with E-state index < -0.39 is 11.8 Å². The molecule has 0 fully saturated rings. The Kier molecular flexibility index (Phi) is 7.02. The first-order chi connectivity index (χ1) is 12.6. The normalized spacial score (nSPS) is 10.6. The van der Waals surface area contributed by atoms with Crippen LogP contribution in [0.3, 0.4) is 0 Å². The topological polar surface area (TPSA) is 54.0 Å². The van der Waals surface area contributed by atoms with Crippen molar-refractivity contribution in [2.24, 2.45) is 0 Å². The van der Waals surface area contributed by atoms with Gasteiger partial charge in [-0.05, 0) is 42.3 Å². The summed E-state index contributed by atoms with van der Waals surface area (Å²) in [5, 5.41) is 0. The maximum Gasteiger partial charge on any atom is 0.344 e. The van der Waals surface area contributed by atoms with Crippen LogP contribution in [0, 0.1) is 5.82 Å². The second kappa shape index (κ2) is 9.46. The van der Waals surface area contributed by atoms with E-state index in [-0.39, 0.29) is 19.0 Å². The number of esters is 1. The van der Waals surface area contributed by atoms with Gasteiger partial charge in [0.05, 0.1) is 14.2 Å². The van der Waals surface area contributed by atoms with E-state index in [1.807, 2.05) is 25.1 Å². The van der Waals surface area contributed by atoms with Crippen molar-refractivity contribution in [1.82, 2.24) is 0 Å². The molecule has 26 heavy (non-hydrogen) atoms. The number of allylic oxidation sites excluding steroid dienone is 1. The molecule has 0 aliphatic carbocycles. The minimum absolute atomic E-state index is 0.0551. The van der Waals surface area contributed by atoms with Crippen LogP contribution in [0.4, 0.5) is 4.39 Å². The lowest BCUT2D eigenvalue weighted by Gasteiger charge is -2.11. The molecule has 5 nitrogen and oxygen atoms in total. The highest BCUT2D eigenvalue weighted by atomic mass is 19.1. The van der Waals surface area contributed by atoms with Gasteiger partial charge in [-0.1, -0.05) is 24.3 Å². The predicted octanol–water partition coefficient (Wildman–Crippen LogP) is 4.00. The number of rotatable bonds is 8. The second-order valence-electron chi connectivity index (χ2n) is 5.33. The highest BCUT2D eigenvalue weighted by Crippen LogP contribution is 2.28. The summed E-state index contributed by atoms with van der Waals surface area (Å²) in [6.07, 6.45) is 3.84. The third kappa shape index (κ3) is 5.24. The smallest absolute Gasteiger partial charge is 0.344 e. The first-order valence-electron chi connectivity index (χ1n) is 7.99. The Balaban J connectivity index is 1.89. The number of methoxy groups -OCH3 is 2. The summed E-state index contributed by atoms with van der Waals surface area (Å²) in [5.74, 6) is 0.0137. The van der Waals surface area contributed by atoms with Crippen molar-refractivity contribution in [2.75, 3.05) is 20.8 Å². The molecule has 0 unspecified atom stereocenters. The average molecular weight is 360 g/mol. The molecule has 2 aromatic carbocycles. The lowest BCUT2D eigenvalue weighted by atomic mass is 10.2. The predicted molar refractivity (Wildman–Crippen MR) is 95.9 cm³/mol. The van der Waals surface area contributed by atoms with Gasteiger partial charge in [0.2, 0.25) is 0 Å². The molecular formula is C20H21FO5. The summed E-state index contributed by atoms with van der Waals surface area (Å²) < 4.78 is 34.3. The maximum atomic E-state index is 13.6. The Labute approximate surface area is 151 Å². The molecule has 0 spiro atoms. The minimum Gasteiger partial charge on any atom is -0.494 e. The van der Waals surface area contributed by atoms with E-state index in [0.29, 0.717) is 17.1 Å². The molecule has 2 aromatic rings. The first kappa shape index (κ1) is 19.3. The molecule has 0 heterocycles. The van der Waals surface area contributed by atoms with Crippen LogP contribution in [0.2, 0.25) is 0 Å². The minimum atomic E-state index is -0.569. The van der Waals surface area contributed by atoms with Crippen LogP contribution in [0.15, 0.2) is 42.5 Å². The Morgan fingerprint density at radius 3 is 2.42 bits per heavy atom. The summed E-state index contributed by atoms with van der Waals surface area (Å²) in [5.41, 5.74) is 1.48. The highest BCUT2D eigenvalue weighted by molar-refractivity contribution is 5.71. The van der Waals surface area contributed by atoms with Gasteiger partial charge in [-0.2, -0.15) is 0 Å². The molecule has 0 radical (unpaired) electrons. The molecule has 0 amide bonds. The molecule has 0 aliphatic heterocycles. The molecule has 0 saturated heterocycles. The molecule has 0 N–H and O–H groups in total. The zero-order chi connectivity index (χ0) is 18.9. The third-order valence-electron chi connectivity index (χ3n) is 3.51. The average Bonchev–Trinajstić information content (AvgIpc) is 2.65. The van der Waals surface area contributed by atoms with Gasteiger partial charge < -0.3 is 18.9 Å². The Morgan fingerprint density at radius 2 is 1.77 bits per heavy atom. The maximum absolute atomic E-state index is 13.6. The zero-order valence-corrected chi connectivity index (χ0v) is 15.0. The monoisotopic (exact) mass is 360 g/mol. The van der Waals surface area contributed by atoms with Crippen LogP contribution in [0.1, 0.15) is 18.1 Å². The summed E-state index contributed by atoms with van der Waals surface area (Å²) in [4.78, 5) is 11.8. The molecule has 0 saturated carbocycles. The zero-order valence-electron chi connectivity index (χ0n) is 15.0. The van der Waals surface area contributed by atoms with Crippen molar-refractivity contribution in [2.45, 2.75) is 13.5 Å². The number of hydrogen-bond donors (Lipinski definition) is 0. The Morgan fingerprint density at radius 1 is 1.04 bits per heavy atom. The largest absolute Gasteiger partial charge is 0.494 e. The van der Waals surface area contributed by atoms with Crippen LogP contribution in [0.5, 0.6) is 17.2 Å². The number of ether oxygens (including phenoxy) is 4. The van der Waals surface area contributed by atoms with Crippen molar-refractivity contribution in [3.63, 3.8) is 0 Å². The lowest BCUT2D eigenvalue weighted by molar-refractivity contribution is -0.147. The Hall–Kier alpha value is -3.02. The summed E-state index contributed by atoms with van der Waals surface area (Å²) in [6.45, 7) is 1.58. The number of carbonyl (C=O) groups is 1. The number of halogens is 1. The van der Waals surface area contributed by atoms with Crippen molar-refractivity contribution >= 4 is 12.0 Å². The van der Waals surface area contributed by atoms with Gasteiger partial charge in [-0.25, -0.2) is 9.18 Å². The molecule has 2 rings (SSSR count). The van der Waals surface area contributed by atoms with Crippen LogP contribution in [0.25, 0.3) is 6.08 Å². The number of hydrogen-bond acceptors (Lipinski definition) is 5. The Bertz CT molecular complexity index is 786. The molecule has 0 aliphatic rings. The van der Waals surface area contributed by atoms with E-state index in [0.717, 1.165) is 5.56 Å². The van der Waals surface area contributed by atoms with Gasteiger partial charge in [-0.15, -0.1) is 0 Å². The third-order valence-corrected chi connectivity index (χ3v) is 3.51. The van der Waals surface area contributed by atoms with E-state index in [2.05, 4.69) is 0 Å². The summed E-state index contributed by atoms with van der Waals surface area (Å²) in [7, 11) is 2.91. The van der Waals surface area contributed by atoms with Gasteiger partial charge in [-0.3, -0.25) is 0 Å². The second-order valence-corrected chi connectivity index (χ2v) is 5.33. The molecule has 0 aromatic heterocycles. The molecule has 6 heteroatoms. The quantitative estimate of drug-likeness (QED) is 0.666. The fourth-order valence-electron chi connectivity index (χ4n) is 2.24. The van der Waals surface area contributed by atoms with Crippen LogP contribution in [-0.2, 0) is 16.1 Å². The van der Waals surface area contributed by atoms with E-state index in [9.17, 15) is 9.18 Å². The fraction of sp³-hybridized carbons (Fsp3) is 0.250. The van der Waals surface area contributed by atoms with Gasteiger partial charge >= 0.3 is 5.97 Å². The molecule has 0 bridgehead atoms. The highest BCUT2D eigenvalue weighted by Gasteiger charge is 2.10. The van der Waals surface area contributed by atoms with E-state index in [4.69, 9.17) is 18.9 Å². The molecule has 138 valence electrons. The van der Waals surface area contributed by atoms with Gasteiger partial charge in [0.1, 0.15) is 6.61 Å². The van der Waals surface area contributed by atoms with Gasteiger partial charge in [0.25, 0.3) is 0 Å². The van der Waals surface area contributed by atoms with E-state index in [1.165, 1.54) is 26.4 Å². The van der Waals surface area contributed by atoms with Crippen molar-refractivity contribution in [3.8, 4) is 17.2 Å². The van der Waals surface area contributed by atoms with E-state index in [1.54, 1.807) is 18.2 Å². The molecule has 0 atom stereocenters. The SMILES string of the molecule is C/C=C/c1ccc(OCC(=O)OCc2ccc(OC)c(F)c2)c(OC)c1. The van der Waals surface area contributed by atoms with Crippen LogP contribution >= 0.6 is 0 Å². The van der Waals surface area contributed by atoms with Crippen LogP contribution < -0.4 is 14.2 Å². The fourth-order valence-corrected chi connectivity index (χ4v) is 2.24.